The van der Waals surface area contributed by atoms with E-state index in [1.165, 1.54) is 16.9 Å². The second-order valence-corrected chi connectivity index (χ2v) is 6.20. The Morgan fingerprint density at radius 3 is 2.72 bits per heavy atom. The Bertz CT molecular complexity index is 1280. The number of methoxy groups -OCH3 is 1. The molecule has 0 aliphatic rings. The van der Waals surface area contributed by atoms with Crippen molar-refractivity contribution in [2.75, 3.05) is 12.8 Å². The molecule has 0 amide bonds. The van der Waals surface area contributed by atoms with Crippen LogP contribution in [-0.2, 0) is 0 Å². The highest BCUT2D eigenvalue weighted by molar-refractivity contribution is 5.81. The van der Waals surface area contributed by atoms with E-state index in [9.17, 15) is 10.1 Å². The predicted molar refractivity (Wildman–Crippen MR) is 109 cm³/mol. The predicted octanol–water partition coefficient (Wildman–Crippen LogP) is 3.62. The molecule has 2 N–H and O–H groups in total. The van der Waals surface area contributed by atoms with Crippen LogP contribution in [0.5, 0.6) is 5.75 Å². The average Bonchev–Trinajstić information content (AvgIpc) is 3.29. The summed E-state index contributed by atoms with van der Waals surface area (Å²) in [7, 11) is 1.55. The molecule has 1 aromatic carbocycles. The van der Waals surface area contributed by atoms with Gasteiger partial charge in [0.15, 0.2) is 5.76 Å². The minimum absolute atomic E-state index is 0.112. The molecule has 29 heavy (non-hydrogen) atoms. The lowest BCUT2D eigenvalue weighted by Gasteiger charge is -2.14. The van der Waals surface area contributed by atoms with Crippen molar-refractivity contribution in [3.8, 4) is 40.1 Å². The normalized spacial score (nSPS) is 10.5. The van der Waals surface area contributed by atoms with Crippen molar-refractivity contribution in [3.63, 3.8) is 0 Å². The zero-order valence-electron chi connectivity index (χ0n) is 15.5. The molecule has 7 nitrogen and oxygen atoms in total. The summed E-state index contributed by atoms with van der Waals surface area (Å²) < 4.78 is 12.4. The fraction of sp³-hybridized carbons (Fsp3) is 0.0455. The number of furan rings is 1. The molecule has 0 radical (unpaired) electrons. The molecule has 4 aromatic rings. The topological polar surface area (TPSA) is 107 Å². The number of ether oxygens (including phenoxy) is 1. The second kappa shape index (κ2) is 7.37. The molecule has 0 spiro atoms. The average molecular weight is 384 g/mol. The van der Waals surface area contributed by atoms with Gasteiger partial charge in [0.05, 0.1) is 24.6 Å². The van der Waals surface area contributed by atoms with Gasteiger partial charge in [0.1, 0.15) is 23.3 Å². The number of anilines is 1. The van der Waals surface area contributed by atoms with Gasteiger partial charge in [0.2, 0.25) is 0 Å². The number of nitriles is 1. The first kappa shape index (κ1) is 18.1. The van der Waals surface area contributed by atoms with Crippen LogP contribution in [0.3, 0.4) is 0 Å². The number of para-hydroxylation sites is 2. The van der Waals surface area contributed by atoms with E-state index in [4.69, 9.17) is 14.9 Å². The summed E-state index contributed by atoms with van der Waals surface area (Å²) in [6.07, 6.45) is 3.21. The molecule has 0 aliphatic carbocycles. The highest BCUT2D eigenvalue weighted by atomic mass is 16.5. The van der Waals surface area contributed by atoms with Crippen molar-refractivity contribution in [2.45, 2.75) is 0 Å². The van der Waals surface area contributed by atoms with Gasteiger partial charge in [-0.2, -0.15) is 5.26 Å². The van der Waals surface area contributed by atoms with Crippen LogP contribution in [0.2, 0.25) is 0 Å². The van der Waals surface area contributed by atoms with Crippen molar-refractivity contribution in [2.24, 2.45) is 0 Å². The standard InChI is InChI=1S/C22H16N4O3/c1-28-18-6-3-2-5-17(18)26-13-14(8-9-20(26)27)16-11-15(12-23)22(24)25-21(16)19-7-4-10-29-19/h2-11,13H,1H3,(H2,24,25). The van der Waals surface area contributed by atoms with Gasteiger partial charge in [-0.3, -0.25) is 9.36 Å². The van der Waals surface area contributed by atoms with Gasteiger partial charge in [0.25, 0.3) is 5.56 Å². The van der Waals surface area contributed by atoms with Gasteiger partial charge < -0.3 is 14.9 Å². The molecule has 0 atom stereocenters. The zero-order chi connectivity index (χ0) is 20.4. The molecule has 7 heteroatoms. The van der Waals surface area contributed by atoms with Crippen molar-refractivity contribution >= 4 is 5.82 Å². The van der Waals surface area contributed by atoms with Gasteiger partial charge in [0, 0.05) is 23.4 Å². The summed E-state index contributed by atoms with van der Waals surface area (Å²) in [4.78, 5) is 16.9. The lowest BCUT2D eigenvalue weighted by molar-refractivity contribution is 0.412. The van der Waals surface area contributed by atoms with Crippen LogP contribution in [-0.4, -0.2) is 16.7 Å². The number of nitrogen functional groups attached to an aromatic ring is 1. The van der Waals surface area contributed by atoms with Crippen LogP contribution in [0.1, 0.15) is 5.56 Å². The minimum Gasteiger partial charge on any atom is -0.495 e. The second-order valence-electron chi connectivity index (χ2n) is 6.20. The van der Waals surface area contributed by atoms with Gasteiger partial charge >= 0.3 is 0 Å². The van der Waals surface area contributed by atoms with Crippen molar-refractivity contribution in [1.29, 1.82) is 5.26 Å². The summed E-state index contributed by atoms with van der Waals surface area (Å²) in [5.74, 6) is 1.18. The first-order valence-corrected chi connectivity index (χ1v) is 8.73. The summed E-state index contributed by atoms with van der Waals surface area (Å²) in [6, 6.07) is 17.5. The molecule has 0 unspecified atom stereocenters. The molecular formula is C22H16N4O3. The fourth-order valence-corrected chi connectivity index (χ4v) is 3.10. The van der Waals surface area contributed by atoms with Crippen LogP contribution in [0.25, 0.3) is 28.3 Å². The largest absolute Gasteiger partial charge is 0.495 e. The number of aromatic nitrogens is 2. The Hall–Kier alpha value is -4.31. The first-order chi connectivity index (χ1) is 14.1. The highest BCUT2D eigenvalue weighted by Gasteiger charge is 2.17. The Morgan fingerprint density at radius 2 is 2.00 bits per heavy atom. The Balaban J connectivity index is 1.97. The Labute approximate surface area is 166 Å². The molecule has 0 aliphatic heterocycles. The smallest absolute Gasteiger partial charge is 0.255 e. The molecule has 3 heterocycles. The number of hydrogen-bond acceptors (Lipinski definition) is 6. The van der Waals surface area contributed by atoms with Gasteiger partial charge in [-0.1, -0.05) is 12.1 Å². The van der Waals surface area contributed by atoms with Gasteiger partial charge in [-0.05, 0) is 36.4 Å². The number of rotatable bonds is 4. The number of benzene rings is 1. The first-order valence-electron chi connectivity index (χ1n) is 8.73. The van der Waals surface area contributed by atoms with E-state index >= 15 is 0 Å². The third kappa shape index (κ3) is 3.24. The van der Waals surface area contributed by atoms with E-state index in [1.54, 1.807) is 49.7 Å². The van der Waals surface area contributed by atoms with Gasteiger partial charge in [-0.15, -0.1) is 0 Å². The van der Waals surface area contributed by atoms with Crippen LogP contribution in [0.15, 0.2) is 76.3 Å². The molecule has 0 saturated heterocycles. The Kier molecular flexibility index (Phi) is 4.59. The monoisotopic (exact) mass is 384 g/mol. The fourth-order valence-electron chi connectivity index (χ4n) is 3.10. The molecule has 3 aromatic heterocycles. The molecule has 0 saturated carbocycles. The number of pyridine rings is 2. The minimum atomic E-state index is -0.221. The Morgan fingerprint density at radius 1 is 1.17 bits per heavy atom. The molecular weight excluding hydrogens is 368 g/mol. The lowest BCUT2D eigenvalue weighted by Crippen LogP contribution is -2.17. The molecule has 0 fully saturated rings. The molecule has 0 bridgehead atoms. The summed E-state index contributed by atoms with van der Waals surface area (Å²) in [6.45, 7) is 0. The van der Waals surface area contributed by atoms with Crippen LogP contribution < -0.4 is 16.0 Å². The van der Waals surface area contributed by atoms with Crippen LogP contribution >= 0.6 is 0 Å². The summed E-state index contributed by atoms with van der Waals surface area (Å²) in [5.41, 5.74) is 8.32. The van der Waals surface area contributed by atoms with Crippen molar-refractivity contribution in [3.05, 3.63) is 83.0 Å². The SMILES string of the molecule is COc1ccccc1-n1cc(-c2cc(C#N)c(N)nc2-c2ccco2)ccc1=O. The maximum Gasteiger partial charge on any atom is 0.255 e. The van der Waals surface area contributed by atoms with E-state index in [0.717, 1.165) is 0 Å². The van der Waals surface area contributed by atoms with Crippen LogP contribution in [0, 0.1) is 11.3 Å². The van der Waals surface area contributed by atoms with Crippen molar-refractivity contribution < 1.29 is 9.15 Å². The van der Waals surface area contributed by atoms with E-state index in [1.807, 2.05) is 18.2 Å². The van der Waals surface area contributed by atoms with Crippen molar-refractivity contribution in [1.82, 2.24) is 9.55 Å². The molecule has 142 valence electrons. The zero-order valence-corrected chi connectivity index (χ0v) is 15.5. The van der Waals surface area contributed by atoms with Crippen LogP contribution in [0.4, 0.5) is 5.82 Å². The summed E-state index contributed by atoms with van der Waals surface area (Å²) >= 11 is 0. The maximum atomic E-state index is 12.6. The lowest BCUT2D eigenvalue weighted by atomic mass is 10.0. The quantitative estimate of drug-likeness (QED) is 0.576. The van der Waals surface area contributed by atoms with E-state index in [0.29, 0.717) is 34.0 Å². The number of nitrogens with two attached hydrogens (primary N) is 1. The van der Waals surface area contributed by atoms with E-state index in [2.05, 4.69) is 4.98 Å². The van der Waals surface area contributed by atoms with E-state index in [-0.39, 0.29) is 16.9 Å². The summed E-state index contributed by atoms with van der Waals surface area (Å²) in [5, 5.41) is 9.39. The van der Waals surface area contributed by atoms with Gasteiger partial charge in [-0.25, -0.2) is 4.98 Å². The maximum absolute atomic E-state index is 12.6. The van der Waals surface area contributed by atoms with E-state index < -0.39 is 0 Å². The third-order valence-electron chi connectivity index (χ3n) is 4.49. The number of nitrogens with zero attached hydrogens (tertiary/aromatic N) is 3. The third-order valence-corrected chi connectivity index (χ3v) is 4.49. The number of hydrogen-bond donors (Lipinski definition) is 1. The molecule has 4 rings (SSSR count). The highest BCUT2D eigenvalue weighted by Crippen LogP contribution is 2.33.